The van der Waals surface area contributed by atoms with Gasteiger partial charge in [0.2, 0.25) is 11.8 Å². The zero-order chi connectivity index (χ0) is 16.1. The Morgan fingerprint density at radius 3 is 2.32 bits per heavy atom. The van der Waals surface area contributed by atoms with Crippen LogP contribution in [0.2, 0.25) is 5.02 Å². The summed E-state index contributed by atoms with van der Waals surface area (Å²) in [7, 11) is 0. The van der Waals surface area contributed by atoms with Crippen LogP contribution in [0.3, 0.4) is 0 Å². The number of nitrogens with one attached hydrogen (secondary N) is 2. The van der Waals surface area contributed by atoms with Crippen LogP contribution in [0.5, 0.6) is 0 Å². The SMILES string of the molecule is O=C(CC(=O)Nc1ccccc1Cl)Nc1ccc(F)c(F)c1. The molecule has 0 saturated heterocycles. The lowest BCUT2D eigenvalue weighted by molar-refractivity contribution is -0.123. The summed E-state index contributed by atoms with van der Waals surface area (Å²) in [6.45, 7) is 0. The number of rotatable bonds is 4. The summed E-state index contributed by atoms with van der Waals surface area (Å²) in [5, 5.41) is 5.13. The Morgan fingerprint density at radius 1 is 0.955 bits per heavy atom. The molecule has 0 fully saturated rings. The zero-order valence-electron chi connectivity index (χ0n) is 11.2. The molecule has 0 heterocycles. The van der Waals surface area contributed by atoms with Crippen molar-refractivity contribution in [2.24, 2.45) is 0 Å². The number of carbonyl (C=O) groups excluding carboxylic acids is 2. The maximum absolute atomic E-state index is 13.0. The van der Waals surface area contributed by atoms with E-state index in [1.54, 1.807) is 24.3 Å². The van der Waals surface area contributed by atoms with Crippen molar-refractivity contribution in [2.45, 2.75) is 6.42 Å². The van der Waals surface area contributed by atoms with Gasteiger partial charge in [0.1, 0.15) is 6.42 Å². The first-order valence-electron chi connectivity index (χ1n) is 6.25. The maximum atomic E-state index is 13.0. The molecule has 7 heteroatoms. The van der Waals surface area contributed by atoms with Crippen molar-refractivity contribution in [3.05, 3.63) is 59.1 Å². The average Bonchev–Trinajstić information content (AvgIpc) is 2.45. The van der Waals surface area contributed by atoms with Gasteiger partial charge >= 0.3 is 0 Å². The van der Waals surface area contributed by atoms with E-state index >= 15 is 0 Å². The van der Waals surface area contributed by atoms with E-state index in [-0.39, 0.29) is 5.69 Å². The first-order chi connectivity index (χ1) is 10.5. The predicted molar refractivity (Wildman–Crippen MR) is 79.7 cm³/mol. The molecule has 114 valence electrons. The van der Waals surface area contributed by atoms with E-state index in [1.165, 1.54) is 6.07 Å². The number of anilines is 2. The number of hydrogen-bond acceptors (Lipinski definition) is 2. The fourth-order valence-corrected chi connectivity index (χ4v) is 1.86. The number of carbonyl (C=O) groups is 2. The molecule has 0 aliphatic rings. The van der Waals surface area contributed by atoms with Gasteiger partial charge in [0.15, 0.2) is 11.6 Å². The van der Waals surface area contributed by atoms with Crippen LogP contribution in [0.15, 0.2) is 42.5 Å². The number of amides is 2. The predicted octanol–water partition coefficient (Wildman–Crippen LogP) is 3.59. The number of halogens is 3. The highest BCUT2D eigenvalue weighted by atomic mass is 35.5. The van der Waals surface area contributed by atoms with E-state index in [0.29, 0.717) is 10.7 Å². The highest BCUT2D eigenvalue weighted by Gasteiger charge is 2.12. The minimum absolute atomic E-state index is 0.0643. The molecule has 0 saturated carbocycles. The first-order valence-corrected chi connectivity index (χ1v) is 6.63. The monoisotopic (exact) mass is 324 g/mol. The molecule has 2 aromatic rings. The second-order valence-electron chi connectivity index (χ2n) is 4.38. The molecule has 0 bridgehead atoms. The van der Waals surface area contributed by atoms with Crippen LogP contribution in [-0.4, -0.2) is 11.8 Å². The quantitative estimate of drug-likeness (QED) is 0.844. The Bertz CT molecular complexity index is 722. The summed E-state index contributed by atoms with van der Waals surface area (Å²) < 4.78 is 25.8. The lowest BCUT2D eigenvalue weighted by Crippen LogP contribution is -2.21. The summed E-state index contributed by atoms with van der Waals surface area (Å²) in [5.74, 6) is -3.34. The van der Waals surface area contributed by atoms with Gasteiger partial charge in [-0.3, -0.25) is 9.59 Å². The van der Waals surface area contributed by atoms with E-state index in [1.807, 2.05) is 0 Å². The van der Waals surface area contributed by atoms with Gasteiger partial charge in [-0.15, -0.1) is 0 Å². The van der Waals surface area contributed by atoms with Crippen molar-refractivity contribution >= 4 is 34.8 Å². The van der Waals surface area contributed by atoms with Crippen LogP contribution in [0.1, 0.15) is 6.42 Å². The summed E-state index contributed by atoms with van der Waals surface area (Å²) in [6, 6.07) is 9.49. The molecular formula is C15H11ClF2N2O2. The van der Waals surface area contributed by atoms with Gasteiger partial charge in [-0.25, -0.2) is 8.78 Å². The summed E-state index contributed by atoms with van der Waals surface area (Å²) in [4.78, 5) is 23.4. The van der Waals surface area contributed by atoms with Gasteiger partial charge in [0.05, 0.1) is 10.7 Å². The van der Waals surface area contributed by atoms with E-state index in [0.717, 1.165) is 12.1 Å². The standard InChI is InChI=1S/C15H11ClF2N2O2/c16-10-3-1-2-4-13(10)20-15(22)8-14(21)19-9-5-6-11(17)12(18)7-9/h1-7H,8H2,(H,19,21)(H,20,22). The van der Waals surface area contributed by atoms with E-state index in [4.69, 9.17) is 11.6 Å². The zero-order valence-corrected chi connectivity index (χ0v) is 12.0. The van der Waals surface area contributed by atoms with Crippen molar-refractivity contribution in [2.75, 3.05) is 10.6 Å². The molecule has 0 atom stereocenters. The van der Waals surface area contributed by atoms with Crippen molar-refractivity contribution in [1.82, 2.24) is 0 Å². The second kappa shape index (κ2) is 7.00. The van der Waals surface area contributed by atoms with E-state index < -0.39 is 29.9 Å². The van der Waals surface area contributed by atoms with Crippen LogP contribution in [-0.2, 0) is 9.59 Å². The van der Waals surface area contributed by atoms with Gasteiger partial charge in [-0.2, -0.15) is 0 Å². The largest absolute Gasteiger partial charge is 0.326 e. The number of hydrogen-bond donors (Lipinski definition) is 2. The Hall–Kier alpha value is -2.47. The summed E-state index contributed by atoms with van der Waals surface area (Å²) >= 11 is 5.87. The molecule has 4 nitrogen and oxygen atoms in total. The van der Waals surface area contributed by atoms with Crippen molar-refractivity contribution < 1.29 is 18.4 Å². The highest BCUT2D eigenvalue weighted by Crippen LogP contribution is 2.20. The summed E-state index contributed by atoms with van der Waals surface area (Å²) in [5.41, 5.74) is 0.448. The average molecular weight is 325 g/mol. The molecule has 2 rings (SSSR count). The van der Waals surface area contributed by atoms with Crippen LogP contribution >= 0.6 is 11.6 Å². The van der Waals surface area contributed by atoms with Crippen LogP contribution in [0.25, 0.3) is 0 Å². The van der Waals surface area contributed by atoms with Crippen LogP contribution in [0.4, 0.5) is 20.2 Å². The lowest BCUT2D eigenvalue weighted by atomic mass is 10.2. The third-order valence-corrected chi connectivity index (χ3v) is 3.00. The third-order valence-electron chi connectivity index (χ3n) is 2.67. The minimum atomic E-state index is -1.08. The van der Waals surface area contributed by atoms with E-state index in [2.05, 4.69) is 10.6 Å². The van der Waals surface area contributed by atoms with Crippen LogP contribution < -0.4 is 10.6 Å². The molecule has 0 radical (unpaired) electrons. The molecule has 22 heavy (non-hydrogen) atoms. The minimum Gasteiger partial charge on any atom is -0.326 e. The third kappa shape index (κ3) is 4.26. The van der Waals surface area contributed by atoms with Gasteiger partial charge in [-0.05, 0) is 24.3 Å². The van der Waals surface area contributed by atoms with Gasteiger partial charge in [0, 0.05) is 11.8 Å². The van der Waals surface area contributed by atoms with Gasteiger partial charge in [-0.1, -0.05) is 23.7 Å². The Kier molecular flexibility index (Phi) is 5.06. The molecule has 2 amide bonds. The Balaban J connectivity index is 1.92. The van der Waals surface area contributed by atoms with Gasteiger partial charge < -0.3 is 10.6 Å². The Labute approximate surface area is 130 Å². The molecule has 0 aliphatic heterocycles. The maximum Gasteiger partial charge on any atom is 0.233 e. The Morgan fingerprint density at radius 2 is 1.64 bits per heavy atom. The number of benzene rings is 2. The molecule has 2 N–H and O–H groups in total. The smallest absolute Gasteiger partial charge is 0.233 e. The van der Waals surface area contributed by atoms with Crippen LogP contribution in [0, 0.1) is 11.6 Å². The van der Waals surface area contributed by atoms with Gasteiger partial charge in [0.25, 0.3) is 0 Å². The molecule has 0 unspecified atom stereocenters. The van der Waals surface area contributed by atoms with Crippen molar-refractivity contribution in [1.29, 1.82) is 0 Å². The van der Waals surface area contributed by atoms with Crippen molar-refractivity contribution in [3.8, 4) is 0 Å². The molecule has 0 spiro atoms. The second-order valence-corrected chi connectivity index (χ2v) is 4.79. The highest BCUT2D eigenvalue weighted by molar-refractivity contribution is 6.33. The molecule has 2 aromatic carbocycles. The van der Waals surface area contributed by atoms with Crippen molar-refractivity contribution in [3.63, 3.8) is 0 Å². The fourth-order valence-electron chi connectivity index (χ4n) is 1.68. The normalized spacial score (nSPS) is 10.1. The summed E-state index contributed by atoms with van der Waals surface area (Å²) in [6.07, 6.45) is -0.482. The van der Waals surface area contributed by atoms with E-state index in [9.17, 15) is 18.4 Å². The molecule has 0 aromatic heterocycles. The molecule has 0 aliphatic carbocycles. The number of para-hydroxylation sites is 1. The fraction of sp³-hybridized carbons (Fsp3) is 0.0667. The first kappa shape index (κ1) is 15.9. The molecular weight excluding hydrogens is 314 g/mol. The lowest BCUT2D eigenvalue weighted by Gasteiger charge is -2.08. The topological polar surface area (TPSA) is 58.2 Å².